The first-order valence-electron chi connectivity index (χ1n) is 13.7. The van der Waals surface area contributed by atoms with Gasteiger partial charge in [-0.1, -0.05) is 47.4 Å². The van der Waals surface area contributed by atoms with Crippen molar-refractivity contribution in [3.63, 3.8) is 0 Å². The molecular formula is C31H28Cl2N4O3. The number of carboxylic acids is 1. The van der Waals surface area contributed by atoms with Crippen LogP contribution in [0.1, 0.15) is 65.9 Å². The van der Waals surface area contributed by atoms with Crippen molar-refractivity contribution in [2.24, 2.45) is 11.3 Å². The van der Waals surface area contributed by atoms with Crippen molar-refractivity contribution >= 4 is 51.8 Å². The van der Waals surface area contributed by atoms with E-state index in [0.29, 0.717) is 38.6 Å². The molecular weight excluding hydrogens is 547 g/mol. The predicted octanol–water partition coefficient (Wildman–Crippen LogP) is 7.66. The number of carboxylic acid groups (broad SMARTS) is 1. The van der Waals surface area contributed by atoms with Gasteiger partial charge in [-0.15, -0.1) is 0 Å². The van der Waals surface area contributed by atoms with Gasteiger partial charge in [0.1, 0.15) is 17.1 Å². The van der Waals surface area contributed by atoms with Crippen molar-refractivity contribution in [1.29, 1.82) is 0 Å². The lowest BCUT2D eigenvalue weighted by Crippen LogP contribution is -2.62. The summed E-state index contributed by atoms with van der Waals surface area (Å²) in [5.41, 5.74) is 5.71. The first-order valence-corrected chi connectivity index (χ1v) is 14.5. The number of allylic oxidation sites excluding steroid dienone is 1. The summed E-state index contributed by atoms with van der Waals surface area (Å²) in [6, 6.07) is 7.87. The Bertz CT molecular complexity index is 1660. The highest BCUT2D eigenvalue weighted by molar-refractivity contribution is 6.39. The van der Waals surface area contributed by atoms with Gasteiger partial charge in [0.05, 0.1) is 15.6 Å². The number of aryl methyl sites for hydroxylation is 1. The summed E-state index contributed by atoms with van der Waals surface area (Å²) in [5.74, 6) is 0.844. The number of aromatic nitrogens is 3. The van der Waals surface area contributed by atoms with Crippen molar-refractivity contribution in [1.82, 2.24) is 15.1 Å². The van der Waals surface area contributed by atoms with Gasteiger partial charge in [0.15, 0.2) is 0 Å². The molecule has 2 aliphatic carbocycles. The summed E-state index contributed by atoms with van der Waals surface area (Å²) in [4.78, 5) is 22.3. The monoisotopic (exact) mass is 574 g/mol. The normalized spacial score (nSPS) is 18.4. The van der Waals surface area contributed by atoms with Crippen LogP contribution in [0, 0.1) is 11.3 Å². The summed E-state index contributed by atoms with van der Waals surface area (Å²) in [6.45, 7) is 4.10. The molecule has 1 N–H and O–H groups in total. The van der Waals surface area contributed by atoms with Crippen molar-refractivity contribution < 1.29 is 14.4 Å². The molecule has 0 bridgehead atoms. The second kappa shape index (κ2) is 9.60. The number of fused-ring (bicyclic) bond motifs is 1. The van der Waals surface area contributed by atoms with Gasteiger partial charge in [0.2, 0.25) is 0 Å². The van der Waals surface area contributed by atoms with E-state index in [0.717, 1.165) is 73.0 Å². The molecule has 40 heavy (non-hydrogen) atoms. The Kier molecular flexibility index (Phi) is 6.13. The van der Waals surface area contributed by atoms with Crippen LogP contribution in [0.3, 0.4) is 0 Å². The van der Waals surface area contributed by atoms with Gasteiger partial charge in [0, 0.05) is 59.0 Å². The molecule has 1 aromatic carbocycles. The average Bonchev–Trinajstić information content (AvgIpc) is 3.66. The van der Waals surface area contributed by atoms with Crippen molar-refractivity contribution in [3.05, 3.63) is 75.4 Å². The molecule has 0 amide bonds. The summed E-state index contributed by atoms with van der Waals surface area (Å²) in [6.07, 6.45) is 12.9. The fraction of sp³-hybridized carbons (Fsp3) is 0.355. The number of benzene rings is 1. The Morgan fingerprint density at radius 2 is 1.93 bits per heavy atom. The van der Waals surface area contributed by atoms with Crippen molar-refractivity contribution in [2.75, 3.05) is 18.0 Å². The maximum absolute atomic E-state index is 11.5. The predicted molar refractivity (Wildman–Crippen MR) is 156 cm³/mol. The highest BCUT2D eigenvalue weighted by atomic mass is 35.5. The molecule has 0 unspecified atom stereocenters. The lowest BCUT2D eigenvalue weighted by molar-refractivity contribution is 0.0486. The molecule has 9 heteroatoms. The molecule has 3 aliphatic rings. The van der Waals surface area contributed by atoms with E-state index in [1.165, 1.54) is 5.69 Å². The minimum atomic E-state index is -0.993. The molecule has 3 fully saturated rings. The highest BCUT2D eigenvalue weighted by Gasteiger charge is 2.51. The van der Waals surface area contributed by atoms with E-state index in [1.54, 1.807) is 18.5 Å². The van der Waals surface area contributed by atoms with Gasteiger partial charge in [-0.25, -0.2) is 9.78 Å². The van der Waals surface area contributed by atoms with E-state index >= 15 is 0 Å². The topological polar surface area (TPSA) is 92.3 Å². The number of carbonyl (C=O) groups is 1. The third-order valence-electron chi connectivity index (χ3n) is 8.62. The van der Waals surface area contributed by atoms with Crippen LogP contribution < -0.4 is 4.90 Å². The SMILES string of the molecule is CCc1cc(C(=O)O)nc2ccc(N3CC4(CC(/C=C/c5c(-c6c(Cl)cncc6Cl)noc5C5CC5)C4)C3)cc12. The molecule has 1 aliphatic heterocycles. The lowest BCUT2D eigenvalue weighted by Gasteiger charge is -2.59. The second-order valence-electron chi connectivity index (χ2n) is 11.5. The fourth-order valence-electron chi connectivity index (χ4n) is 6.44. The van der Waals surface area contributed by atoms with Crippen LogP contribution in [0.2, 0.25) is 10.0 Å². The van der Waals surface area contributed by atoms with Crippen LogP contribution in [0.5, 0.6) is 0 Å². The number of anilines is 1. The van der Waals surface area contributed by atoms with Gasteiger partial charge >= 0.3 is 5.97 Å². The number of aromatic carboxylic acids is 1. The molecule has 3 aromatic heterocycles. The van der Waals surface area contributed by atoms with Gasteiger partial charge < -0.3 is 14.5 Å². The summed E-state index contributed by atoms with van der Waals surface area (Å²) >= 11 is 12.9. The maximum atomic E-state index is 11.5. The summed E-state index contributed by atoms with van der Waals surface area (Å²) in [5, 5.41) is 15.7. The molecule has 4 aromatic rings. The number of nitrogens with zero attached hydrogens (tertiary/aromatic N) is 4. The Hall–Kier alpha value is -3.42. The molecule has 2 saturated carbocycles. The maximum Gasteiger partial charge on any atom is 0.354 e. The molecule has 0 radical (unpaired) electrons. The fourth-order valence-corrected chi connectivity index (χ4v) is 6.98. The number of halogens is 2. The molecule has 4 heterocycles. The number of hydrogen-bond acceptors (Lipinski definition) is 6. The standard InChI is InChI=1S/C31H28Cl2N4O3/c1-2-18-9-26(30(38)39)35-25-8-6-20(10-22(18)25)37-15-31(16-37)11-17(12-31)3-7-21-28(36-40-29(21)19-4-5-19)27-23(32)13-34-14-24(27)33/h3,6-10,13-14,17,19H,2,4-5,11-12,15-16H2,1H3,(H,38,39)/b7-3+. The number of hydrogen-bond donors (Lipinski definition) is 1. The Morgan fingerprint density at radius 1 is 1.18 bits per heavy atom. The Morgan fingerprint density at radius 3 is 2.60 bits per heavy atom. The first-order chi connectivity index (χ1) is 19.3. The second-order valence-corrected chi connectivity index (χ2v) is 12.3. The molecule has 204 valence electrons. The Balaban J connectivity index is 1.05. The quantitative estimate of drug-likeness (QED) is 0.242. The number of pyridine rings is 2. The van der Waals surface area contributed by atoms with Crippen LogP contribution >= 0.6 is 23.2 Å². The zero-order chi connectivity index (χ0) is 27.6. The third-order valence-corrected chi connectivity index (χ3v) is 9.19. The van der Waals surface area contributed by atoms with Crippen molar-refractivity contribution in [3.8, 4) is 11.3 Å². The smallest absolute Gasteiger partial charge is 0.354 e. The molecule has 1 saturated heterocycles. The first kappa shape index (κ1) is 25.5. The minimum absolute atomic E-state index is 0.100. The van der Waals surface area contributed by atoms with E-state index in [1.807, 2.05) is 13.0 Å². The van der Waals surface area contributed by atoms with Crippen LogP contribution in [0.4, 0.5) is 5.69 Å². The van der Waals surface area contributed by atoms with E-state index in [9.17, 15) is 9.90 Å². The van der Waals surface area contributed by atoms with Crippen LogP contribution in [0.15, 0.2) is 47.3 Å². The zero-order valence-corrected chi connectivity index (χ0v) is 23.5. The van der Waals surface area contributed by atoms with Crippen LogP contribution in [-0.2, 0) is 6.42 Å². The molecule has 7 nitrogen and oxygen atoms in total. The van der Waals surface area contributed by atoms with Gasteiger partial charge in [0.25, 0.3) is 0 Å². The highest BCUT2D eigenvalue weighted by Crippen LogP contribution is 2.54. The van der Waals surface area contributed by atoms with Crippen LogP contribution in [-0.4, -0.2) is 39.3 Å². The lowest BCUT2D eigenvalue weighted by atomic mass is 9.57. The number of rotatable bonds is 7. The van der Waals surface area contributed by atoms with Gasteiger partial charge in [-0.3, -0.25) is 4.98 Å². The third kappa shape index (κ3) is 4.36. The van der Waals surface area contributed by atoms with Crippen LogP contribution in [0.25, 0.3) is 28.2 Å². The molecule has 1 spiro atoms. The van der Waals surface area contributed by atoms with E-state index in [-0.39, 0.29) is 5.69 Å². The zero-order valence-electron chi connectivity index (χ0n) is 22.0. The summed E-state index contributed by atoms with van der Waals surface area (Å²) in [7, 11) is 0. The Labute approximate surface area is 241 Å². The van der Waals surface area contributed by atoms with E-state index in [4.69, 9.17) is 27.7 Å². The van der Waals surface area contributed by atoms with Crippen molar-refractivity contribution in [2.45, 2.75) is 44.9 Å². The average molecular weight is 575 g/mol. The van der Waals surface area contributed by atoms with Gasteiger partial charge in [-0.2, -0.15) is 0 Å². The minimum Gasteiger partial charge on any atom is -0.477 e. The van der Waals surface area contributed by atoms with E-state index in [2.05, 4.69) is 44.3 Å². The van der Waals surface area contributed by atoms with Gasteiger partial charge in [-0.05, 0) is 67.9 Å². The molecule has 0 atom stereocenters. The largest absolute Gasteiger partial charge is 0.477 e. The summed E-state index contributed by atoms with van der Waals surface area (Å²) < 4.78 is 5.79. The van der Waals surface area contributed by atoms with E-state index < -0.39 is 5.97 Å². The molecule has 7 rings (SSSR count).